The molecule has 0 bridgehead atoms. The Balaban J connectivity index is 2.55. The standard InChI is InChI=1S/C9H15N/c1-7(2)9-6-8(3)4-5-10-9/h4-5,7,9H,6H2,1-3H3. The Morgan fingerprint density at radius 1 is 1.60 bits per heavy atom. The van der Waals surface area contributed by atoms with E-state index < -0.39 is 0 Å². The van der Waals surface area contributed by atoms with E-state index in [1.54, 1.807) is 0 Å². The van der Waals surface area contributed by atoms with Crippen LogP contribution in [0.3, 0.4) is 0 Å². The van der Waals surface area contributed by atoms with Gasteiger partial charge >= 0.3 is 0 Å². The molecule has 0 N–H and O–H groups in total. The molecule has 0 fully saturated rings. The average molecular weight is 137 g/mol. The summed E-state index contributed by atoms with van der Waals surface area (Å²) in [6, 6.07) is 0.532. The first-order valence-electron chi connectivity index (χ1n) is 3.89. The third-order valence-electron chi connectivity index (χ3n) is 1.94. The maximum absolute atomic E-state index is 4.38. The summed E-state index contributed by atoms with van der Waals surface area (Å²) in [5.41, 5.74) is 1.45. The van der Waals surface area contributed by atoms with E-state index in [2.05, 4.69) is 31.8 Å². The number of nitrogens with zero attached hydrogens (tertiary/aromatic N) is 1. The van der Waals surface area contributed by atoms with Crippen molar-refractivity contribution >= 4 is 6.21 Å². The maximum atomic E-state index is 4.38. The molecule has 0 aliphatic carbocycles. The number of dihydropyridines is 1. The number of allylic oxidation sites excluding steroid dienone is 1. The van der Waals surface area contributed by atoms with Gasteiger partial charge in [0.1, 0.15) is 0 Å². The lowest BCUT2D eigenvalue weighted by Gasteiger charge is -2.18. The van der Waals surface area contributed by atoms with Crippen LogP contribution in [0.25, 0.3) is 0 Å². The lowest BCUT2D eigenvalue weighted by Crippen LogP contribution is -2.15. The molecule has 0 amide bonds. The fourth-order valence-corrected chi connectivity index (χ4v) is 1.14. The summed E-state index contributed by atoms with van der Waals surface area (Å²) in [7, 11) is 0. The zero-order chi connectivity index (χ0) is 7.56. The minimum Gasteiger partial charge on any atom is -0.289 e. The zero-order valence-electron chi connectivity index (χ0n) is 6.96. The van der Waals surface area contributed by atoms with E-state index in [4.69, 9.17) is 0 Å². The van der Waals surface area contributed by atoms with Crippen molar-refractivity contribution in [3.05, 3.63) is 11.6 Å². The van der Waals surface area contributed by atoms with E-state index >= 15 is 0 Å². The highest BCUT2D eigenvalue weighted by Crippen LogP contribution is 2.17. The highest BCUT2D eigenvalue weighted by Gasteiger charge is 2.12. The molecule has 1 unspecified atom stereocenters. The van der Waals surface area contributed by atoms with Crippen LogP contribution in [0.2, 0.25) is 0 Å². The topological polar surface area (TPSA) is 12.4 Å². The van der Waals surface area contributed by atoms with Crippen LogP contribution in [-0.2, 0) is 0 Å². The molecule has 0 aromatic rings. The molecule has 1 heterocycles. The lowest BCUT2D eigenvalue weighted by molar-refractivity contribution is 0.490. The quantitative estimate of drug-likeness (QED) is 0.526. The normalized spacial score (nSPS) is 25.2. The van der Waals surface area contributed by atoms with Crippen LogP contribution in [0, 0.1) is 5.92 Å². The molecule has 1 heteroatoms. The molecule has 0 radical (unpaired) electrons. The summed E-state index contributed by atoms with van der Waals surface area (Å²) in [5.74, 6) is 0.680. The van der Waals surface area contributed by atoms with Gasteiger partial charge in [0.05, 0.1) is 6.04 Å². The van der Waals surface area contributed by atoms with E-state index in [9.17, 15) is 0 Å². The highest BCUT2D eigenvalue weighted by molar-refractivity contribution is 5.73. The van der Waals surface area contributed by atoms with Crippen molar-refractivity contribution in [2.75, 3.05) is 0 Å². The molecule has 1 rings (SSSR count). The fraction of sp³-hybridized carbons (Fsp3) is 0.667. The molecule has 1 aliphatic heterocycles. The van der Waals surface area contributed by atoms with E-state index in [0.29, 0.717) is 12.0 Å². The Morgan fingerprint density at radius 3 is 2.70 bits per heavy atom. The summed E-state index contributed by atoms with van der Waals surface area (Å²) in [4.78, 5) is 4.38. The Morgan fingerprint density at radius 2 is 2.30 bits per heavy atom. The van der Waals surface area contributed by atoms with Gasteiger partial charge in [-0.15, -0.1) is 0 Å². The van der Waals surface area contributed by atoms with Crippen molar-refractivity contribution in [1.29, 1.82) is 0 Å². The first kappa shape index (κ1) is 7.52. The number of rotatable bonds is 1. The fourth-order valence-electron chi connectivity index (χ4n) is 1.14. The molecule has 10 heavy (non-hydrogen) atoms. The Hall–Kier alpha value is -0.590. The lowest BCUT2D eigenvalue weighted by atomic mass is 9.96. The van der Waals surface area contributed by atoms with Gasteiger partial charge in [-0.2, -0.15) is 0 Å². The third kappa shape index (κ3) is 1.69. The smallest absolute Gasteiger partial charge is 0.0559 e. The Labute approximate surface area is 62.9 Å². The molecule has 0 saturated heterocycles. The van der Waals surface area contributed by atoms with Gasteiger partial charge in [0, 0.05) is 6.21 Å². The van der Waals surface area contributed by atoms with Gasteiger partial charge in [-0.3, -0.25) is 4.99 Å². The van der Waals surface area contributed by atoms with Crippen LogP contribution in [-0.4, -0.2) is 12.3 Å². The Kier molecular flexibility index (Phi) is 2.25. The van der Waals surface area contributed by atoms with Gasteiger partial charge in [-0.1, -0.05) is 19.4 Å². The first-order valence-corrected chi connectivity index (χ1v) is 3.89. The van der Waals surface area contributed by atoms with Crippen LogP contribution in [0.5, 0.6) is 0 Å². The zero-order valence-corrected chi connectivity index (χ0v) is 6.96. The van der Waals surface area contributed by atoms with Crippen LogP contribution >= 0.6 is 0 Å². The van der Waals surface area contributed by atoms with E-state index in [1.807, 2.05) is 6.21 Å². The van der Waals surface area contributed by atoms with Gasteiger partial charge in [0.25, 0.3) is 0 Å². The van der Waals surface area contributed by atoms with Crippen molar-refractivity contribution < 1.29 is 0 Å². The van der Waals surface area contributed by atoms with Crippen molar-refractivity contribution in [2.24, 2.45) is 10.9 Å². The summed E-state index contributed by atoms with van der Waals surface area (Å²) in [6.45, 7) is 6.61. The molecule has 1 atom stereocenters. The first-order chi connectivity index (χ1) is 4.70. The van der Waals surface area contributed by atoms with Gasteiger partial charge in [0.15, 0.2) is 0 Å². The second-order valence-corrected chi connectivity index (χ2v) is 3.33. The predicted octanol–water partition coefficient (Wildman–Crippen LogP) is 2.43. The van der Waals surface area contributed by atoms with Crippen LogP contribution in [0.4, 0.5) is 0 Å². The summed E-state index contributed by atoms with van der Waals surface area (Å²) in [5, 5.41) is 0. The van der Waals surface area contributed by atoms with Gasteiger partial charge in [0.2, 0.25) is 0 Å². The minimum atomic E-state index is 0.532. The largest absolute Gasteiger partial charge is 0.289 e. The number of hydrogen-bond acceptors (Lipinski definition) is 1. The molecule has 56 valence electrons. The second kappa shape index (κ2) is 3.00. The average Bonchev–Trinajstić information content (AvgIpc) is 1.88. The predicted molar refractivity (Wildman–Crippen MR) is 45.5 cm³/mol. The second-order valence-electron chi connectivity index (χ2n) is 3.33. The van der Waals surface area contributed by atoms with E-state index in [-0.39, 0.29) is 0 Å². The molecule has 1 aliphatic rings. The molecule has 1 nitrogen and oxygen atoms in total. The molecular weight excluding hydrogens is 122 g/mol. The summed E-state index contributed by atoms with van der Waals surface area (Å²) in [6.07, 6.45) is 5.18. The summed E-state index contributed by atoms with van der Waals surface area (Å²) >= 11 is 0. The third-order valence-corrected chi connectivity index (χ3v) is 1.94. The van der Waals surface area contributed by atoms with Gasteiger partial charge < -0.3 is 0 Å². The van der Waals surface area contributed by atoms with Crippen LogP contribution in [0.15, 0.2) is 16.6 Å². The number of hydrogen-bond donors (Lipinski definition) is 0. The van der Waals surface area contributed by atoms with Gasteiger partial charge in [-0.25, -0.2) is 0 Å². The van der Waals surface area contributed by atoms with Crippen molar-refractivity contribution in [2.45, 2.75) is 33.2 Å². The van der Waals surface area contributed by atoms with Gasteiger partial charge in [-0.05, 0) is 25.3 Å². The van der Waals surface area contributed by atoms with E-state index in [0.717, 1.165) is 6.42 Å². The van der Waals surface area contributed by atoms with Crippen LogP contribution in [0.1, 0.15) is 27.2 Å². The minimum absolute atomic E-state index is 0.532. The maximum Gasteiger partial charge on any atom is 0.0559 e. The van der Waals surface area contributed by atoms with Crippen molar-refractivity contribution in [3.8, 4) is 0 Å². The SMILES string of the molecule is CC1=CC=NC(C(C)C)C1. The monoisotopic (exact) mass is 137 g/mol. The molecule has 0 aromatic carbocycles. The van der Waals surface area contributed by atoms with E-state index in [1.165, 1.54) is 5.57 Å². The van der Waals surface area contributed by atoms with Crippen molar-refractivity contribution in [1.82, 2.24) is 0 Å². The number of aliphatic imine (C=N–C) groups is 1. The molecule has 0 saturated carbocycles. The Bertz CT molecular complexity index is 166. The highest BCUT2D eigenvalue weighted by atomic mass is 14.8. The molecule has 0 aromatic heterocycles. The van der Waals surface area contributed by atoms with Crippen molar-refractivity contribution in [3.63, 3.8) is 0 Å². The van der Waals surface area contributed by atoms with Crippen LogP contribution < -0.4 is 0 Å². The molecular formula is C9H15N. The summed E-state index contributed by atoms with van der Waals surface area (Å²) < 4.78 is 0. The molecule has 0 spiro atoms.